The number of carbonyl (C=O) groups is 1. The number of nitrogens with two attached hydrogens (primary N) is 1. The fourth-order valence-corrected chi connectivity index (χ4v) is 2.02. The Hall–Kier alpha value is -2.16. The zero-order valence-electron chi connectivity index (χ0n) is 10.5. The van der Waals surface area contributed by atoms with Crippen molar-refractivity contribution >= 4 is 27.7 Å². The van der Waals surface area contributed by atoms with Crippen LogP contribution in [0.1, 0.15) is 6.92 Å². The summed E-state index contributed by atoms with van der Waals surface area (Å²) in [6.45, 7) is 1.62. The SMILES string of the molecule is CCOC(=O)NS(=O)(=O)Nc1ccc(N)cc1OC. The highest BCUT2D eigenvalue weighted by molar-refractivity contribution is 7.91. The van der Waals surface area contributed by atoms with Crippen molar-refractivity contribution < 1.29 is 22.7 Å². The van der Waals surface area contributed by atoms with Crippen LogP contribution in [0.3, 0.4) is 0 Å². The summed E-state index contributed by atoms with van der Waals surface area (Å²) < 4.78 is 36.5. The van der Waals surface area contributed by atoms with Crippen molar-refractivity contribution in [3.05, 3.63) is 18.2 Å². The summed E-state index contributed by atoms with van der Waals surface area (Å²) in [7, 11) is -2.73. The molecule has 0 aliphatic carbocycles. The number of benzene rings is 1. The molecule has 106 valence electrons. The molecule has 0 unspecified atom stereocenters. The van der Waals surface area contributed by atoms with Gasteiger partial charge in [-0.15, -0.1) is 0 Å². The van der Waals surface area contributed by atoms with E-state index in [1.807, 2.05) is 0 Å². The van der Waals surface area contributed by atoms with E-state index in [9.17, 15) is 13.2 Å². The third-order valence-corrected chi connectivity index (χ3v) is 2.89. The minimum absolute atomic E-state index is 0.0620. The molecule has 0 saturated heterocycles. The molecule has 1 amide bonds. The van der Waals surface area contributed by atoms with E-state index >= 15 is 0 Å². The van der Waals surface area contributed by atoms with Gasteiger partial charge in [-0.3, -0.25) is 4.72 Å². The van der Waals surface area contributed by atoms with Crippen LogP contribution in [0.2, 0.25) is 0 Å². The van der Waals surface area contributed by atoms with Gasteiger partial charge in [-0.2, -0.15) is 8.42 Å². The zero-order valence-corrected chi connectivity index (χ0v) is 11.3. The number of hydrogen-bond acceptors (Lipinski definition) is 6. The molecule has 0 aromatic heterocycles. The molecule has 0 aliphatic heterocycles. The second kappa shape index (κ2) is 6.14. The number of methoxy groups -OCH3 is 1. The lowest BCUT2D eigenvalue weighted by atomic mass is 10.2. The van der Waals surface area contributed by atoms with E-state index in [-0.39, 0.29) is 18.0 Å². The number of anilines is 2. The fraction of sp³-hybridized carbons (Fsp3) is 0.300. The van der Waals surface area contributed by atoms with Gasteiger partial charge in [0, 0.05) is 11.8 Å². The van der Waals surface area contributed by atoms with Crippen LogP contribution < -0.4 is 19.9 Å². The Morgan fingerprint density at radius 1 is 1.42 bits per heavy atom. The van der Waals surface area contributed by atoms with Crippen molar-refractivity contribution in [1.29, 1.82) is 0 Å². The maximum atomic E-state index is 11.6. The molecule has 1 aromatic rings. The van der Waals surface area contributed by atoms with Crippen molar-refractivity contribution in [3.8, 4) is 5.75 Å². The molecule has 9 heteroatoms. The molecule has 19 heavy (non-hydrogen) atoms. The van der Waals surface area contributed by atoms with Crippen molar-refractivity contribution in [3.63, 3.8) is 0 Å². The number of amides is 1. The highest BCUT2D eigenvalue weighted by atomic mass is 32.2. The largest absolute Gasteiger partial charge is 0.494 e. The van der Waals surface area contributed by atoms with Gasteiger partial charge in [0.1, 0.15) is 5.75 Å². The molecule has 0 aliphatic rings. The minimum atomic E-state index is -4.10. The van der Waals surface area contributed by atoms with Crippen LogP contribution in [-0.2, 0) is 14.9 Å². The molecule has 4 N–H and O–H groups in total. The predicted octanol–water partition coefficient (Wildman–Crippen LogP) is 0.680. The van der Waals surface area contributed by atoms with Crippen molar-refractivity contribution in [1.82, 2.24) is 4.72 Å². The van der Waals surface area contributed by atoms with Gasteiger partial charge >= 0.3 is 16.3 Å². The topological polar surface area (TPSA) is 120 Å². The van der Waals surface area contributed by atoms with Crippen LogP contribution in [-0.4, -0.2) is 28.2 Å². The monoisotopic (exact) mass is 289 g/mol. The third kappa shape index (κ3) is 4.54. The van der Waals surface area contributed by atoms with E-state index in [1.165, 1.54) is 25.3 Å². The maximum Gasteiger partial charge on any atom is 0.422 e. The summed E-state index contributed by atoms with van der Waals surface area (Å²) >= 11 is 0. The summed E-state index contributed by atoms with van der Waals surface area (Å²) in [5.41, 5.74) is 6.10. The van der Waals surface area contributed by atoms with Gasteiger partial charge in [0.25, 0.3) is 0 Å². The van der Waals surface area contributed by atoms with E-state index in [0.717, 1.165) is 0 Å². The summed E-state index contributed by atoms with van der Waals surface area (Å²) in [4.78, 5) is 11.1. The smallest absolute Gasteiger partial charge is 0.422 e. The Morgan fingerprint density at radius 3 is 2.68 bits per heavy atom. The molecule has 8 nitrogen and oxygen atoms in total. The van der Waals surface area contributed by atoms with Crippen LogP contribution in [0.5, 0.6) is 5.75 Å². The average Bonchev–Trinajstić information content (AvgIpc) is 2.30. The van der Waals surface area contributed by atoms with Gasteiger partial charge in [0.15, 0.2) is 0 Å². The molecule has 1 aromatic carbocycles. The molecule has 0 saturated carbocycles. The van der Waals surface area contributed by atoms with E-state index in [4.69, 9.17) is 10.5 Å². The lowest BCUT2D eigenvalue weighted by Crippen LogP contribution is -2.35. The van der Waals surface area contributed by atoms with Gasteiger partial charge in [0.05, 0.1) is 19.4 Å². The van der Waals surface area contributed by atoms with Gasteiger partial charge in [-0.1, -0.05) is 0 Å². The lowest BCUT2D eigenvalue weighted by Gasteiger charge is -2.12. The second-order valence-corrected chi connectivity index (χ2v) is 4.80. The summed E-state index contributed by atoms with van der Waals surface area (Å²) in [5.74, 6) is 0.231. The molecule has 0 atom stereocenters. The highest BCUT2D eigenvalue weighted by Gasteiger charge is 2.17. The zero-order chi connectivity index (χ0) is 14.5. The van der Waals surface area contributed by atoms with E-state index in [0.29, 0.717) is 5.69 Å². The van der Waals surface area contributed by atoms with E-state index in [2.05, 4.69) is 9.46 Å². The molecular weight excluding hydrogens is 274 g/mol. The number of nitrogens with one attached hydrogen (secondary N) is 2. The average molecular weight is 289 g/mol. The molecule has 0 heterocycles. The molecule has 0 spiro atoms. The lowest BCUT2D eigenvalue weighted by molar-refractivity contribution is 0.159. The second-order valence-electron chi connectivity index (χ2n) is 3.39. The molecule has 0 fully saturated rings. The van der Waals surface area contributed by atoms with E-state index < -0.39 is 16.3 Å². The third-order valence-electron chi connectivity index (χ3n) is 1.96. The Kier molecular flexibility index (Phi) is 4.81. The summed E-state index contributed by atoms with van der Waals surface area (Å²) in [6, 6.07) is 4.35. The number of carbonyl (C=O) groups excluding carboxylic acids is 1. The highest BCUT2D eigenvalue weighted by Crippen LogP contribution is 2.27. The molecule has 0 bridgehead atoms. The van der Waals surface area contributed by atoms with E-state index in [1.54, 1.807) is 11.6 Å². The van der Waals surface area contributed by atoms with Crippen LogP contribution in [0.4, 0.5) is 16.2 Å². The predicted molar refractivity (Wildman–Crippen MR) is 70.1 cm³/mol. The fourth-order valence-electron chi connectivity index (χ4n) is 1.23. The number of rotatable bonds is 5. The Morgan fingerprint density at radius 2 is 2.11 bits per heavy atom. The first-order valence-corrected chi connectivity index (χ1v) is 6.77. The Bertz CT molecular complexity index is 558. The Balaban J connectivity index is 2.86. The minimum Gasteiger partial charge on any atom is -0.494 e. The van der Waals surface area contributed by atoms with Gasteiger partial charge in [-0.25, -0.2) is 9.52 Å². The van der Waals surface area contributed by atoms with Crippen LogP contribution in [0, 0.1) is 0 Å². The summed E-state index contributed by atoms with van der Waals surface area (Å²) in [6.07, 6.45) is -1.07. The van der Waals surface area contributed by atoms with Gasteiger partial charge in [-0.05, 0) is 19.1 Å². The standard InChI is InChI=1S/C10H15N3O5S/c1-3-18-10(14)13-19(15,16)12-8-5-4-7(11)6-9(8)17-2/h4-6,12H,3,11H2,1-2H3,(H,13,14). The number of ether oxygens (including phenoxy) is 2. The first kappa shape index (κ1) is 14.9. The van der Waals surface area contributed by atoms with Crippen molar-refractivity contribution in [2.75, 3.05) is 24.2 Å². The molecular formula is C10H15N3O5S. The molecule has 0 radical (unpaired) electrons. The first-order chi connectivity index (χ1) is 8.88. The van der Waals surface area contributed by atoms with Gasteiger partial charge < -0.3 is 15.2 Å². The van der Waals surface area contributed by atoms with Crippen LogP contribution in [0.15, 0.2) is 18.2 Å². The van der Waals surface area contributed by atoms with Crippen molar-refractivity contribution in [2.45, 2.75) is 6.92 Å². The maximum absolute atomic E-state index is 11.6. The number of nitrogen functional groups attached to an aromatic ring is 1. The van der Waals surface area contributed by atoms with Crippen molar-refractivity contribution in [2.24, 2.45) is 0 Å². The summed E-state index contributed by atoms with van der Waals surface area (Å²) in [5, 5.41) is 0. The Labute approximate surface area is 111 Å². The molecule has 1 rings (SSSR count). The quantitative estimate of drug-likeness (QED) is 0.686. The normalized spacial score (nSPS) is 10.6. The van der Waals surface area contributed by atoms with Crippen LogP contribution >= 0.6 is 0 Å². The number of hydrogen-bond donors (Lipinski definition) is 3. The van der Waals surface area contributed by atoms with Crippen LogP contribution in [0.25, 0.3) is 0 Å². The van der Waals surface area contributed by atoms with Gasteiger partial charge in [0.2, 0.25) is 0 Å². The first-order valence-electron chi connectivity index (χ1n) is 5.28.